The molecule has 5 nitrogen and oxygen atoms in total. The fourth-order valence-corrected chi connectivity index (χ4v) is 2.99. The predicted octanol–water partition coefficient (Wildman–Crippen LogP) is 3.59. The van der Waals surface area contributed by atoms with Gasteiger partial charge in [-0.05, 0) is 39.5 Å². The molecule has 1 unspecified atom stereocenters. The number of carbonyl (C=O) groups excluding carboxylic acids is 1. The van der Waals surface area contributed by atoms with Gasteiger partial charge < -0.3 is 9.64 Å². The molecule has 1 aliphatic rings. The Morgan fingerprint density at radius 3 is 3.10 bits per heavy atom. The number of nitrogens with one attached hydrogen (secondary N) is 1. The molecule has 0 aliphatic carbocycles. The molecule has 0 spiro atoms. The van der Waals surface area contributed by atoms with E-state index in [1.807, 2.05) is 29.6 Å². The molecular weight excluding hydrogens is 354 g/mol. The second-order valence-corrected chi connectivity index (χ2v) is 6.56. The minimum Gasteiger partial charge on any atom is -0.472 e. The highest BCUT2D eigenvalue weighted by Crippen LogP contribution is 2.20. The van der Waals surface area contributed by atoms with E-state index in [4.69, 9.17) is 4.74 Å². The lowest BCUT2D eigenvalue weighted by molar-refractivity contribution is 0.190. The molecule has 0 bridgehead atoms. The molecule has 1 fully saturated rings. The standard InChI is InChI=1S/C14H14BrN3O2S/c15-10-3-4-12(16-8-10)20-11-5-6-18(9-11)14(19)17-13-2-1-7-21-13/h1-4,7-8,11H,5-6,9H2,(H,17,19). The Balaban J connectivity index is 1.53. The zero-order chi connectivity index (χ0) is 14.7. The first-order valence-corrected chi connectivity index (χ1v) is 8.25. The Morgan fingerprint density at radius 1 is 1.48 bits per heavy atom. The zero-order valence-corrected chi connectivity index (χ0v) is 13.6. The number of carbonyl (C=O) groups is 1. The number of hydrogen-bond donors (Lipinski definition) is 1. The summed E-state index contributed by atoms with van der Waals surface area (Å²) in [6.07, 6.45) is 2.51. The number of ether oxygens (including phenoxy) is 1. The largest absolute Gasteiger partial charge is 0.472 e. The van der Waals surface area contributed by atoms with Gasteiger partial charge in [0.1, 0.15) is 6.10 Å². The molecule has 1 N–H and O–H groups in total. The maximum atomic E-state index is 12.1. The van der Waals surface area contributed by atoms with Crippen molar-refractivity contribution in [2.45, 2.75) is 12.5 Å². The van der Waals surface area contributed by atoms with Crippen LogP contribution >= 0.6 is 27.3 Å². The second kappa shape index (κ2) is 6.44. The molecule has 21 heavy (non-hydrogen) atoms. The van der Waals surface area contributed by atoms with Crippen LogP contribution in [0.4, 0.5) is 9.80 Å². The highest BCUT2D eigenvalue weighted by Gasteiger charge is 2.28. The van der Waals surface area contributed by atoms with Gasteiger partial charge in [-0.15, -0.1) is 11.3 Å². The average molecular weight is 368 g/mol. The van der Waals surface area contributed by atoms with Gasteiger partial charge in [-0.25, -0.2) is 9.78 Å². The summed E-state index contributed by atoms with van der Waals surface area (Å²) in [6, 6.07) is 7.43. The molecule has 1 aliphatic heterocycles. The van der Waals surface area contributed by atoms with Crippen molar-refractivity contribution in [3.63, 3.8) is 0 Å². The number of hydrogen-bond acceptors (Lipinski definition) is 4. The molecule has 0 saturated carbocycles. The predicted molar refractivity (Wildman–Crippen MR) is 85.9 cm³/mol. The van der Waals surface area contributed by atoms with E-state index in [1.165, 1.54) is 11.3 Å². The van der Waals surface area contributed by atoms with Gasteiger partial charge in [0, 0.05) is 29.7 Å². The van der Waals surface area contributed by atoms with E-state index in [1.54, 1.807) is 11.1 Å². The third kappa shape index (κ3) is 3.74. The van der Waals surface area contributed by atoms with Gasteiger partial charge in [-0.1, -0.05) is 0 Å². The van der Waals surface area contributed by atoms with Gasteiger partial charge in [-0.2, -0.15) is 0 Å². The number of likely N-dealkylation sites (tertiary alicyclic amines) is 1. The number of thiophene rings is 1. The number of rotatable bonds is 3. The van der Waals surface area contributed by atoms with E-state index in [9.17, 15) is 4.79 Å². The number of pyridine rings is 1. The van der Waals surface area contributed by atoms with Crippen LogP contribution in [-0.4, -0.2) is 35.1 Å². The van der Waals surface area contributed by atoms with Crippen LogP contribution in [0.15, 0.2) is 40.3 Å². The van der Waals surface area contributed by atoms with E-state index in [-0.39, 0.29) is 12.1 Å². The number of aromatic nitrogens is 1. The van der Waals surface area contributed by atoms with Gasteiger partial charge in [0.2, 0.25) is 5.88 Å². The number of amides is 2. The Morgan fingerprint density at radius 2 is 2.38 bits per heavy atom. The van der Waals surface area contributed by atoms with E-state index in [0.717, 1.165) is 15.9 Å². The normalized spacial score (nSPS) is 17.8. The van der Waals surface area contributed by atoms with Gasteiger partial charge in [0.25, 0.3) is 0 Å². The third-order valence-corrected chi connectivity index (χ3v) is 4.43. The highest BCUT2D eigenvalue weighted by atomic mass is 79.9. The van der Waals surface area contributed by atoms with Crippen molar-refractivity contribution in [1.29, 1.82) is 0 Å². The lowest BCUT2D eigenvalue weighted by Crippen LogP contribution is -2.34. The lowest BCUT2D eigenvalue weighted by Gasteiger charge is -2.17. The van der Waals surface area contributed by atoms with E-state index >= 15 is 0 Å². The molecule has 2 aromatic heterocycles. The first kappa shape index (κ1) is 14.3. The van der Waals surface area contributed by atoms with Crippen molar-refractivity contribution in [1.82, 2.24) is 9.88 Å². The van der Waals surface area contributed by atoms with Crippen molar-refractivity contribution >= 4 is 38.3 Å². The highest BCUT2D eigenvalue weighted by molar-refractivity contribution is 9.10. The molecule has 110 valence electrons. The Labute approximate surface area is 135 Å². The summed E-state index contributed by atoms with van der Waals surface area (Å²) in [6.45, 7) is 1.27. The number of halogens is 1. The maximum Gasteiger partial charge on any atom is 0.322 e. The van der Waals surface area contributed by atoms with Gasteiger partial charge in [0.15, 0.2) is 0 Å². The number of anilines is 1. The van der Waals surface area contributed by atoms with Crippen molar-refractivity contribution in [2.75, 3.05) is 18.4 Å². The zero-order valence-electron chi connectivity index (χ0n) is 11.2. The van der Waals surface area contributed by atoms with Crippen molar-refractivity contribution in [3.05, 3.63) is 40.3 Å². The summed E-state index contributed by atoms with van der Waals surface area (Å²) in [5.74, 6) is 0.587. The molecular formula is C14H14BrN3O2S. The molecule has 3 rings (SSSR count). The first-order chi connectivity index (χ1) is 10.2. The van der Waals surface area contributed by atoms with E-state index < -0.39 is 0 Å². The average Bonchev–Trinajstić information content (AvgIpc) is 3.13. The molecule has 1 saturated heterocycles. The van der Waals surface area contributed by atoms with Crippen molar-refractivity contribution in [3.8, 4) is 5.88 Å². The van der Waals surface area contributed by atoms with Crippen LogP contribution in [0.2, 0.25) is 0 Å². The van der Waals surface area contributed by atoms with Crippen LogP contribution in [0.25, 0.3) is 0 Å². The van der Waals surface area contributed by atoms with Crippen LogP contribution in [0.5, 0.6) is 5.88 Å². The second-order valence-electron chi connectivity index (χ2n) is 4.70. The molecule has 2 amide bonds. The van der Waals surface area contributed by atoms with Crippen molar-refractivity contribution in [2.24, 2.45) is 0 Å². The number of urea groups is 1. The summed E-state index contributed by atoms with van der Waals surface area (Å²) < 4.78 is 6.71. The molecule has 1 atom stereocenters. The monoisotopic (exact) mass is 367 g/mol. The quantitative estimate of drug-likeness (QED) is 0.901. The lowest BCUT2D eigenvalue weighted by atomic mass is 10.3. The summed E-state index contributed by atoms with van der Waals surface area (Å²) in [7, 11) is 0. The summed E-state index contributed by atoms with van der Waals surface area (Å²) >= 11 is 4.85. The summed E-state index contributed by atoms with van der Waals surface area (Å²) in [5.41, 5.74) is 0. The van der Waals surface area contributed by atoms with Crippen molar-refractivity contribution < 1.29 is 9.53 Å². The smallest absolute Gasteiger partial charge is 0.322 e. The fraction of sp³-hybridized carbons (Fsp3) is 0.286. The molecule has 2 aromatic rings. The SMILES string of the molecule is O=C(Nc1cccs1)N1CCC(Oc2ccc(Br)cn2)C1. The summed E-state index contributed by atoms with van der Waals surface area (Å²) in [4.78, 5) is 18.1. The minimum absolute atomic E-state index is 0.00670. The van der Waals surface area contributed by atoms with Crippen LogP contribution in [0.1, 0.15) is 6.42 Å². The summed E-state index contributed by atoms with van der Waals surface area (Å²) in [5, 5.41) is 5.68. The fourth-order valence-electron chi connectivity index (χ4n) is 2.15. The molecule has 0 radical (unpaired) electrons. The van der Waals surface area contributed by atoms with Crippen LogP contribution in [0, 0.1) is 0 Å². The molecule has 0 aromatic carbocycles. The van der Waals surface area contributed by atoms with Gasteiger partial charge in [-0.3, -0.25) is 5.32 Å². The first-order valence-electron chi connectivity index (χ1n) is 6.58. The third-order valence-electron chi connectivity index (χ3n) is 3.17. The Hall–Kier alpha value is -1.60. The van der Waals surface area contributed by atoms with Crippen LogP contribution in [0.3, 0.4) is 0 Å². The molecule has 3 heterocycles. The minimum atomic E-state index is -0.0766. The van der Waals surface area contributed by atoms with E-state index in [2.05, 4.69) is 26.2 Å². The van der Waals surface area contributed by atoms with Crippen LogP contribution in [-0.2, 0) is 0 Å². The van der Waals surface area contributed by atoms with Gasteiger partial charge >= 0.3 is 6.03 Å². The Kier molecular flexibility index (Phi) is 4.40. The Bertz CT molecular complexity index is 603. The van der Waals surface area contributed by atoms with Crippen LogP contribution < -0.4 is 10.1 Å². The molecule has 7 heteroatoms. The number of nitrogens with zero attached hydrogens (tertiary/aromatic N) is 2. The maximum absolute atomic E-state index is 12.1. The van der Waals surface area contributed by atoms with Gasteiger partial charge in [0.05, 0.1) is 11.5 Å². The topological polar surface area (TPSA) is 54.5 Å². The van der Waals surface area contributed by atoms with E-state index in [0.29, 0.717) is 19.0 Å².